The molecule has 0 radical (unpaired) electrons. The highest BCUT2D eigenvalue weighted by molar-refractivity contribution is 6.03. The summed E-state index contributed by atoms with van der Waals surface area (Å²) in [6.45, 7) is 6.38. The lowest BCUT2D eigenvalue weighted by Gasteiger charge is -2.07. The molecule has 0 saturated heterocycles. The predicted octanol–water partition coefficient (Wildman–Crippen LogP) is 3.49. The molecule has 0 aliphatic heterocycles. The van der Waals surface area contributed by atoms with Gasteiger partial charge >= 0.3 is 0 Å². The third kappa shape index (κ3) is 4.18. The van der Waals surface area contributed by atoms with E-state index in [0.29, 0.717) is 12.2 Å². The van der Waals surface area contributed by atoms with E-state index in [-0.39, 0.29) is 5.91 Å². The first kappa shape index (κ1) is 14.8. The fourth-order valence-corrected chi connectivity index (χ4v) is 1.87. The van der Waals surface area contributed by atoms with Gasteiger partial charge in [0.15, 0.2) is 0 Å². The number of aryl methyl sites for hydroxylation is 1. The maximum absolute atomic E-state index is 12.2. The molecule has 4 heteroatoms. The van der Waals surface area contributed by atoms with Crippen LogP contribution in [0.3, 0.4) is 0 Å². The van der Waals surface area contributed by atoms with Crippen molar-refractivity contribution in [1.29, 1.82) is 0 Å². The van der Waals surface area contributed by atoms with Crippen LogP contribution in [-0.4, -0.2) is 17.4 Å². The highest BCUT2D eigenvalue weighted by Gasteiger charge is 2.08. The maximum atomic E-state index is 12.2. The summed E-state index contributed by atoms with van der Waals surface area (Å²) in [4.78, 5) is 16.3. The van der Waals surface area contributed by atoms with E-state index in [1.54, 1.807) is 18.3 Å². The van der Waals surface area contributed by atoms with Gasteiger partial charge in [-0.2, -0.15) is 0 Å². The third-order valence-electron chi connectivity index (χ3n) is 3.06. The van der Waals surface area contributed by atoms with Gasteiger partial charge in [-0.25, -0.2) is 0 Å². The Morgan fingerprint density at radius 3 is 2.67 bits per heavy atom. The van der Waals surface area contributed by atoms with Crippen LogP contribution >= 0.6 is 0 Å². The monoisotopic (exact) mass is 281 g/mol. The van der Waals surface area contributed by atoms with Crippen LogP contribution < -0.4 is 10.6 Å². The van der Waals surface area contributed by atoms with E-state index in [0.717, 1.165) is 17.8 Å². The molecule has 108 valence electrons. The number of hydrogen-bond acceptors (Lipinski definition) is 3. The Kier molecular flexibility index (Phi) is 5.10. The van der Waals surface area contributed by atoms with Gasteiger partial charge in [0, 0.05) is 24.1 Å². The topological polar surface area (TPSA) is 54.0 Å². The van der Waals surface area contributed by atoms with Crippen molar-refractivity contribution in [2.24, 2.45) is 0 Å². The summed E-state index contributed by atoms with van der Waals surface area (Å²) in [7, 11) is 0. The molecule has 0 fully saturated rings. The molecule has 4 nitrogen and oxygen atoms in total. The lowest BCUT2D eigenvalue weighted by Crippen LogP contribution is -2.14. The quantitative estimate of drug-likeness (QED) is 0.797. The molecule has 0 saturated carbocycles. The molecule has 2 N–H and O–H groups in total. The van der Waals surface area contributed by atoms with Crippen molar-refractivity contribution >= 4 is 17.3 Å². The van der Waals surface area contributed by atoms with Crippen LogP contribution in [0, 0.1) is 0 Å². The number of anilines is 2. The molecule has 0 aliphatic rings. The highest BCUT2D eigenvalue weighted by Crippen LogP contribution is 2.13. The first-order chi connectivity index (χ1) is 10.2. The van der Waals surface area contributed by atoms with E-state index in [9.17, 15) is 4.79 Å². The van der Waals surface area contributed by atoms with Gasteiger partial charge in [0.1, 0.15) is 5.69 Å². The summed E-state index contributed by atoms with van der Waals surface area (Å²) in [6.07, 6.45) is 4.35. The summed E-state index contributed by atoms with van der Waals surface area (Å²) < 4.78 is 0. The van der Waals surface area contributed by atoms with Crippen molar-refractivity contribution in [1.82, 2.24) is 4.98 Å². The van der Waals surface area contributed by atoms with Crippen molar-refractivity contribution in [2.75, 3.05) is 17.2 Å². The molecule has 0 bridgehead atoms. The van der Waals surface area contributed by atoms with E-state index < -0.39 is 0 Å². The lowest BCUT2D eigenvalue weighted by molar-refractivity contribution is 0.102. The van der Waals surface area contributed by atoms with Crippen molar-refractivity contribution in [3.8, 4) is 0 Å². The maximum Gasteiger partial charge on any atom is 0.274 e. The Morgan fingerprint density at radius 2 is 2.00 bits per heavy atom. The normalized spacial score (nSPS) is 9.95. The SMILES string of the molecule is C=CCNc1ccnc(C(=O)Nc2ccc(CC)cc2)c1. The van der Waals surface area contributed by atoms with E-state index in [2.05, 4.69) is 29.1 Å². The molecule has 2 aromatic rings. The number of hydrogen-bond donors (Lipinski definition) is 2. The molecule has 0 aliphatic carbocycles. The minimum absolute atomic E-state index is 0.221. The summed E-state index contributed by atoms with van der Waals surface area (Å²) >= 11 is 0. The van der Waals surface area contributed by atoms with E-state index in [1.165, 1.54) is 5.56 Å². The summed E-state index contributed by atoms with van der Waals surface area (Å²) in [5, 5.41) is 5.97. The van der Waals surface area contributed by atoms with Crippen molar-refractivity contribution in [2.45, 2.75) is 13.3 Å². The molecular weight excluding hydrogens is 262 g/mol. The summed E-state index contributed by atoms with van der Waals surface area (Å²) in [5.41, 5.74) is 3.23. The number of carbonyl (C=O) groups is 1. The van der Waals surface area contributed by atoms with Crippen molar-refractivity contribution in [3.05, 3.63) is 66.5 Å². The van der Waals surface area contributed by atoms with Crippen molar-refractivity contribution < 1.29 is 4.79 Å². The molecule has 1 aromatic carbocycles. The number of nitrogens with zero attached hydrogens (tertiary/aromatic N) is 1. The smallest absolute Gasteiger partial charge is 0.274 e. The minimum Gasteiger partial charge on any atom is -0.381 e. The highest BCUT2D eigenvalue weighted by atomic mass is 16.1. The van der Waals surface area contributed by atoms with Gasteiger partial charge in [-0.3, -0.25) is 9.78 Å². The van der Waals surface area contributed by atoms with Crippen LogP contribution in [0.15, 0.2) is 55.3 Å². The molecule has 1 heterocycles. The fraction of sp³-hybridized carbons (Fsp3) is 0.176. The Labute approximate surface area is 124 Å². The van der Waals surface area contributed by atoms with Crippen LogP contribution in [0.25, 0.3) is 0 Å². The van der Waals surface area contributed by atoms with Gasteiger partial charge in [0.05, 0.1) is 0 Å². The van der Waals surface area contributed by atoms with E-state index in [4.69, 9.17) is 0 Å². The molecule has 0 unspecified atom stereocenters. The van der Waals surface area contributed by atoms with Crippen LogP contribution in [0.1, 0.15) is 23.0 Å². The van der Waals surface area contributed by atoms with Crippen LogP contribution in [-0.2, 0) is 6.42 Å². The van der Waals surface area contributed by atoms with Gasteiger partial charge in [0.2, 0.25) is 0 Å². The number of nitrogens with one attached hydrogen (secondary N) is 2. The summed E-state index contributed by atoms with van der Waals surface area (Å²) in [6, 6.07) is 11.3. The number of amides is 1. The van der Waals surface area contributed by atoms with E-state index >= 15 is 0 Å². The number of rotatable bonds is 6. The van der Waals surface area contributed by atoms with Crippen LogP contribution in [0.2, 0.25) is 0 Å². The zero-order valence-corrected chi connectivity index (χ0v) is 12.1. The second kappa shape index (κ2) is 7.24. The van der Waals surface area contributed by atoms with Gasteiger partial charge in [-0.05, 0) is 36.2 Å². The number of carbonyl (C=O) groups excluding carboxylic acids is 1. The largest absolute Gasteiger partial charge is 0.381 e. The van der Waals surface area contributed by atoms with Gasteiger partial charge < -0.3 is 10.6 Å². The number of aromatic nitrogens is 1. The Morgan fingerprint density at radius 1 is 1.24 bits per heavy atom. The third-order valence-corrected chi connectivity index (χ3v) is 3.06. The minimum atomic E-state index is -0.221. The molecular formula is C17H19N3O. The number of pyridine rings is 1. The van der Waals surface area contributed by atoms with Gasteiger partial charge in [-0.15, -0.1) is 6.58 Å². The molecule has 21 heavy (non-hydrogen) atoms. The van der Waals surface area contributed by atoms with E-state index in [1.807, 2.05) is 30.3 Å². The predicted molar refractivity (Wildman–Crippen MR) is 86.7 cm³/mol. The van der Waals surface area contributed by atoms with Crippen molar-refractivity contribution in [3.63, 3.8) is 0 Å². The van der Waals surface area contributed by atoms with Gasteiger partial charge in [-0.1, -0.05) is 25.1 Å². The summed E-state index contributed by atoms with van der Waals surface area (Å²) in [5.74, 6) is -0.221. The molecule has 2 rings (SSSR count). The first-order valence-electron chi connectivity index (χ1n) is 6.94. The zero-order chi connectivity index (χ0) is 15.1. The molecule has 1 aromatic heterocycles. The number of benzene rings is 1. The Balaban J connectivity index is 2.06. The Hall–Kier alpha value is -2.62. The lowest BCUT2D eigenvalue weighted by atomic mass is 10.1. The molecule has 1 amide bonds. The zero-order valence-electron chi connectivity index (χ0n) is 12.1. The second-order valence-electron chi connectivity index (χ2n) is 4.60. The standard InChI is InChI=1S/C17H19N3O/c1-3-10-18-15-9-11-19-16(12-15)17(21)20-14-7-5-13(4-2)6-8-14/h3,5-9,11-12H,1,4,10H2,2H3,(H,18,19)(H,20,21). The van der Waals surface area contributed by atoms with Gasteiger partial charge in [0.25, 0.3) is 5.91 Å². The van der Waals surface area contributed by atoms with Crippen LogP contribution in [0.4, 0.5) is 11.4 Å². The van der Waals surface area contributed by atoms with Crippen LogP contribution in [0.5, 0.6) is 0 Å². The average molecular weight is 281 g/mol. The first-order valence-corrected chi connectivity index (χ1v) is 6.94. The molecule has 0 atom stereocenters. The Bertz CT molecular complexity index is 620. The molecule has 0 spiro atoms. The second-order valence-corrected chi connectivity index (χ2v) is 4.60. The average Bonchev–Trinajstić information content (AvgIpc) is 2.54. The fourth-order valence-electron chi connectivity index (χ4n) is 1.87.